The molecule has 0 saturated heterocycles. The normalized spacial score (nSPS) is 14.1. The van der Waals surface area contributed by atoms with Crippen molar-refractivity contribution in [3.63, 3.8) is 0 Å². The van der Waals surface area contributed by atoms with Crippen molar-refractivity contribution < 1.29 is 37.6 Å². The molecule has 0 aliphatic rings. The molecule has 0 bridgehead atoms. The number of phosphoric acid groups is 1. The average Bonchev–Trinajstić information content (AvgIpc) is 3.39. The number of hydrogen-bond acceptors (Lipinski definition) is 8. The second-order valence-corrected chi connectivity index (χ2v) is 20.2. The van der Waals surface area contributed by atoms with Gasteiger partial charge in [0.1, 0.15) is 6.61 Å². The Hall–Kier alpha value is -3.85. The number of unbranched alkanes of at least 4 members (excludes halogenated alkanes) is 18. The number of nitrogens with two attached hydrogens (primary N) is 1. The first-order chi connectivity index (χ1) is 36.3. The molecule has 9 nitrogen and oxygen atoms in total. The van der Waals surface area contributed by atoms with Gasteiger partial charge in [-0.1, -0.05) is 231 Å². The zero-order valence-electron chi connectivity index (χ0n) is 46.8. The lowest BCUT2D eigenvalue weighted by Crippen LogP contribution is -2.29. The molecule has 0 aromatic heterocycles. The Morgan fingerprint density at radius 2 is 0.743 bits per heavy atom. The van der Waals surface area contributed by atoms with E-state index in [1.165, 1.54) is 70.6 Å². The Bertz CT molecular complexity index is 1670. The third-order valence-corrected chi connectivity index (χ3v) is 12.8. The summed E-state index contributed by atoms with van der Waals surface area (Å²) in [5.74, 6) is -0.870. The van der Waals surface area contributed by atoms with E-state index < -0.39 is 32.5 Å². The van der Waals surface area contributed by atoms with E-state index in [1.807, 2.05) is 0 Å². The predicted octanol–water partition coefficient (Wildman–Crippen LogP) is 18.6. The third-order valence-electron chi connectivity index (χ3n) is 11.8. The van der Waals surface area contributed by atoms with Gasteiger partial charge >= 0.3 is 19.8 Å². The van der Waals surface area contributed by atoms with E-state index >= 15 is 0 Å². The largest absolute Gasteiger partial charge is 0.472 e. The lowest BCUT2D eigenvalue weighted by atomic mass is 10.1. The molecule has 3 N–H and O–H groups in total. The number of hydrogen-bond donors (Lipinski definition) is 2. The number of allylic oxidation sites excluding steroid dienone is 22. The minimum atomic E-state index is -4.40. The highest BCUT2D eigenvalue weighted by molar-refractivity contribution is 7.47. The minimum absolute atomic E-state index is 0.0415. The van der Waals surface area contributed by atoms with Crippen molar-refractivity contribution in [1.29, 1.82) is 0 Å². The van der Waals surface area contributed by atoms with Crippen molar-refractivity contribution in [3.8, 4) is 0 Å². The zero-order valence-corrected chi connectivity index (χ0v) is 47.7. The van der Waals surface area contributed by atoms with Gasteiger partial charge in [-0.3, -0.25) is 18.6 Å². The number of ether oxygens (including phenoxy) is 2. The maximum absolute atomic E-state index is 12.7. The predicted molar refractivity (Wildman–Crippen MR) is 316 cm³/mol. The SMILES string of the molecule is CC/C=C\C/C=C\C/C=C\C/C=C\C/C=C\C/C=C\C/C=C\C/C=C\C/C=C\C/C=C\CCCCCCC(=O)OC(COC(=O)CCCCCCCCC/C=C\CCCCCCCCC)COP(=O)(O)OCCN. The van der Waals surface area contributed by atoms with Gasteiger partial charge in [-0.2, -0.15) is 0 Å². The van der Waals surface area contributed by atoms with Crippen LogP contribution in [0.1, 0.15) is 226 Å². The van der Waals surface area contributed by atoms with Crippen LogP contribution in [0, 0.1) is 0 Å². The summed E-state index contributed by atoms with van der Waals surface area (Å²) in [6.07, 6.45) is 82.2. The van der Waals surface area contributed by atoms with Gasteiger partial charge in [0.25, 0.3) is 0 Å². The van der Waals surface area contributed by atoms with Crippen LogP contribution in [0.3, 0.4) is 0 Å². The highest BCUT2D eigenvalue weighted by atomic mass is 31.2. The summed E-state index contributed by atoms with van der Waals surface area (Å²) in [7, 11) is -4.40. The summed E-state index contributed by atoms with van der Waals surface area (Å²) in [5.41, 5.74) is 5.38. The van der Waals surface area contributed by atoms with Crippen LogP contribution in [0.15, 0.2) is 134 Å². The summed E-state index contributed by atoms with van der Waals surface area (Å²) >= 11 is 0. The lowest BCUT2D eigenvalue weighted by molar-refractivity contribution is -0.161. The molecule has 10 heteroatoms. The smallest absolute Gasteiger partial charge is 0.462 e. The second-order valence-electron chi connectivity index (χ2n) is 18.8. The van der Waals surface area contributed by atoms with Gasteiger partial charge < -0.3 is 20.1 Å². The molecular formula is C64H106NO8P. The number of phosphoric ester groups is 1. The van der Waals surface area contributed by atoms with Crippen LogP contribution >= 0.6 is 7.82 Å². The molecule has 2 unspecified atom stereocenters. The summed E-state index contributed by atoms with van der Waals surface area (Å²) < 4.78 is 33.0. The van der Waals surface area contributed by atoms with Gasteiger partial charge in [-0.05, 0) is 116 Å². The standard InChI is InChI=1S/C64H106NO8P/c1-3-5-7-9-11-13-15-17-19-21-23-24-25-26-27-28-29-30-31-32-33-34-35-36-37-38-39-41-43-45-47-49-51-53-55-57-64(67)73-62(61-72-74(68,69)71-59-58-65)60-70-63(66)56-54-52-50-48-46-44-42-40-22-20-18-16-14-12-10-8-6-4-2/h5,7,11,13,17,19-20,22-24,26-27,29-30,32-33,35-36,38-39,43,45,62H,3-4,6,8-10,12,14-16,18,21,25,28,31,34,37,40-42,44,46-61,65H2,1-2H3,(H,68,69)/b7-5-,13-11-,19-17-,22-20-,24-23-,27-26-,30-29-,33-32-,36-35-,39-38-,45-43-. The topological polar surface area (TPSA) is 134 Å². The van der Waals surface area contributed by atoms with Crippen molar-refractivity contribution in [1.82, 2.24) is 0 Å². The minimum Gasteiger partial charge on any atom is -0.462 e. The molecule has 0 rings (SSSR count). The maximum Gasteiger partial charge on any atom is 0.472 e. The van der Waals surface area contributed by atoms with E-state index in [1.54, 1.807) is 0 Å². The molecule has 74 heavy (non-hydrogen) atoms. The first-order valence-corrected chi connectivity index (χ1v) is 30.7. The van der Waals surface area contributed by atoms with Gasteiger partial charge in [0.15, 0.2) is 6.10 Å². The van der Waals surface area contributed by atoms with Gasteiger partial charge in [0, 0.05) is 19.4 Å². The number of esters is 2. The first-order valence-electron chi connectivity index (χ1n) is 29.2. The van der Waals surface area contributed by atoms with E-state index in [-0.39, 0.29) is 32.6 Å². The number of carbonyl (C=O) groups is 2. The van der Waals surface area contributed by atoms with Crippen LogP contribution in [0.2, 0.25) is 0 Å². The average molecular weight is 1050 g/mol. The fraction of sp³-hybridized carbons (Fsp3) is 0.625. The highest BCUT2D eigenvalue weighted by Crippen LogP contribution is 2.43. The van der Waals surface area contributed by atoms with Gasteiger partial charge in [0.05, 0.1) is 13.2 Å². The molecule has 420 valence electrons. The summed E-state index contributed by atoms with van der Waals surface area (Å²) in [6, 6.07) is 0. The van der Waals surface area contributed by atoms with E-state index in [2.05, 4.69) is 148 Å². The zero-order chi connectivity index (χ0) is 53.8. The van der Waals surface area contributed by atoms with Gasteiger partial charge in [0.2, 0.25) is 0 Å². The van der Waals surface area contributed by atoms with Crippen LogP contribution in [0.4, 0.5) is 0 Å². The second kappa shape index (κ2) is 58.4. The molecule has 0 amide bonds. The van der Waals surface area contributed by atoms with Crippen LogP contribution in [0.5, 0.6) is 0 Å². The molecule has 0 radical (unpaired) electrons. The first kappa shape index (κ1) is 70.1. The quantitative estimate of drug-likeness (QED) is 0.0264. The number of rotatable bonds is 53. The molecule has 0 aromatic rings. The molecular weight excluding hydrogens is 942 g/mol. The monoisotopic (exact) mass is 1050 g/mol. The van der Waals surface area contributed by atoms with E-state index in [4.69, 9.17) is 24.3 Å². The van der Waals surface area contributed by atoms with Gasteiger partial charge in [-0.15, -0.1) is 0 Å². The summed E-state index contributed by atoms with van der Waals surface area (Å²) in [6.45, 7) is 3.58. The molecule has 0 aromatic carbocycles. The molecule has 0 aliphatic carbocycles. The summed E-state index contributed by atoms with van der Waals surface area (Å²) in [4.78, 5) is 35.1. The van der Waals surface area contributed by atoms with Crippen molar-refractivity contribution in [2.24, 2.45) is 5.73 Å². The van der Waals surface area contributed by atoms with Crippen LogP contribution in [-0.2, 0) is 32.7 Å². The highest BCUT2D eigenvalue weighted by Gasteiger charge is 2.26. The van der Waals surface area contributed by atoms with E-state index in [0.717, 1.165) is 122 Å². The Labute approximate surface area is 453 Å². The Kier molecular flexibility index (Phi) is 55.4. The van der Waals surface area contributed by atoms with Crippen LogP contribution < -0.4 is 5.73 Å². The molecule has 0 saturated carbocycles. The Balaban J connectivity index is 4.10. The molecule has 0 aliphatic heterocycles. The fourth-order valence-corrected chi connectivity index (χ4v) is 8.25. The Morgan fingerprint density at radius 3 is 1.12 bits per heavy atom. The fourth-order valence-electron chi connectivity index (χ4n) is 7.48. The van der Waals surface area contributed by atoms with Crippen molar-refractivity contribution >= 4 is 19.8 Å². The van der Waals surface area contributed by atoms with Crippen LogP contribution in [0.25, 0.3) is 0 Å². The Morgan fingerprint density at radius 1 is 0.419 bits per heavy atom. The molecule has 0 heterocycles. The lowest BCUT2D eigenvalue weighted by Gasteiger charge is -2.19. The number of carbonyl (C=O) groups excluding carboxylic acids is 2. The third kappa shape index (κ3) is 57.4. The van der Waals surface area contributed by atoms with Crippen molar-refractivity contribution in [3.05, 3.63) is 134 Å². The maximum atomic E-state index is 12.7. The molecule has 0 spiro atoms. The summed E-state index contributed by atoms with van der Waals surface area (Å²) in [5, 5.41) is 0. The van der Waals surface area contributed by atoms with Crippen molar-refractivity contribution in [2.45, 2.75) is 232 Å². The van der Waals surface area contributed by atoms with E-state index in [9.17, 15) is 19.0 Å². The molecule has 2 atom stereocenters. The van der Waals surface area contributed by atoms with Crippen LogP contribution in [-0.4, -0.2) is 49.3 Å². The van der Waals surface area contributed by atoms with Gasteiger partial charge in [-0.25, -0.2) is 4.57 Å². The van der Waals surface area contributed by atoms with E-state index in [0.29, 0.717) is 6.42 Å². The molecule has 0 fully saturated rings. The van der Waals surface area contributed by atoms with Crippen molar-refractivity contribution in [2.75, 3.05) is 26.4 Å².